The molecule has 0 radical (unpaired) electrons. The van der Waals surface area contributed by atoms with Gasteiger partial charge in [-0.05, 0) is 48.4 Å². The van der Waals surface area contributed by atoms with Gasteiger partial charge in [0.2, 0.25) is 10.7 Å². The first kappa shape index (κ1) is 41.0. The van der Waals surface area contributed by atoms with Gasteiger partial charge in [0.15, 0.2) is 0 Å². The van der Waals surface area contributed by atoms with Gasteiger partial charge in [-0.3, -0.25) is 19.6 Å². The smallest absolute Gasteiger partial charge is 0.335 e. The monoisotopic (exact) mass is 816 g/mol. The van der Waals surface area contributed by atoms with Crippen molar-refractivity contribution in [2.45, 2.75) is 35.7 Å². The van der Waals surface area contributed by atoms with E-state index in [0.29, 0.717) is 22.8 Å². The van der Waals surface area contributed by atoms with Gasteiger partial charge >= 0.3 is 28.9 Å². The van der Waals surface area contributed by atoms with Gasteiger partial charge in [-0.2, -0.15) is 9.97 Å². The average molecular weight is 817 g/mol. The van der Waals surface area contributed by atoms with Crippen LogP contribution in [-0.4, -0.2) is 92.1 Å². The molecule has 286 valence electrons. The second-order valence-electron chi connectivity index (χ2n) is 10.3. The highest BCUT2D eigenvalue weighted by Gasteiger charge is 2.23. The van der Waals surface area contributed by atoms with Crippen molar-refractivity contribution in [2.75, 3.05) is 52.7 Å². The summed E-state index contributed by atoms with van der Waals surface area (Å²) in [5, 5.41) is 2.38. The largest absolute Gasteiger partial charge is 0.490 e. The van der Waals surface area contributed by atoms with E-state index in [1.165, 1.54) is 52.7 Å². The molecule has 1 aliphatic rings. The number of halogens is 2. The Bertz CT molecular complexity index is 2140. The number of sulfonamides is 1. The molecule has 18 nitrogen and oxygen atoms in total. The number of methoxy groups -OCH3 is 4. The second-order valence-corrected chi connectivity index (χ2v) is 14.3. The van der Waals surface area contributed by atoms with E-state index in [4.69, 9.17) is 30.5 Å². The lowest BCUT2D eigenvalue weighted by molar-refractivity contribution is -0.137. The van der Waals surface area contributed by atoms with E-state index in [1.807, 2.05) is 4.72 Å². The van der Waals surface area contributed by atoms with Gasteiger partial charge < -0.3 is 23.7 Å². The Kier molecular flexibility index (Phi) is 15.0. The third-order valence-corrected chi connectivity index (χ3v) is 10.5. The molecule has 23 heteroatoms. The number of nitrogens with zero attached hydrogens (tertiary/aromatic N) is 6. The van der Waals surface area contributed by atoms with E-state index in [-0.39, 0.29) is 63.2 Å². The number of fused-ring (bicyclic) bond motifs is 1. The van der Waals surface area contributed by atoms with Gasteiger partial charge in [0.1, 0.15) is 28.8 Å². The molecule has 2 aromatic carbocycles. The zero-order valence-corrected chi connectivity index (χ0v) is 31.9. The van der Waals surface area contributed by atoms with Crippen molar-refractivity contribution < 1.29 is 46.1 Å². The van der Waals surface area contributed by atoms with Crippen LogP contribution in [0.2, 0.25) is 5.02 Å². The Morgan fingerprint density at radius 1 is 1.02 bits per heavy atom. The number of anilines is 1. The molecule has 0 atom stereocenters. The third kappa shape index (κ3) is 11.4. The highest BCUT2D eigenvalue weighted by atomic mass is 35.5. The SMILES string of the molecule is COC(=O)CSc1cc(/N=c2\sc(=O)n3n2CCCC3)c(F)cc1Cl.COCCOc1ccccc1S(=O)(=O)NC(=O)Nc1nc(OC)nc(OC)n1. The van der Waals surface area contributed by atoms with Gasteiger partial charge in [-0.25, -0.2) is 32.0 Å². The molecule has 2 N–H and O–H groups in total. The maximum atomic E-state index is 14.3. The number of ether oxygens (including phenoxy) is 5. The predicted molar refractivity (Wildman–Crippen MR) is 191 cm³/mol. The molecule has 53 heavy (non-hydrogen) atoms. The first-order valence-corrected chi connectivity index (χ1v) is 19.0. The summed E-state index contributed by atoms with van der Waals surface area (Å²) in [6.07, 6.45) is 1.90. The molecule has 1 aliphatic heterocycles. The van der Waals surface area contributed by atoms with Crippen LogP contribution in [0.25, 0.3) is 0 Å². The number of urea groups is 1. The summed E-state index contributed by atoms with van der Waals surface area (Å²) in [6, 6.07) is 7.16. The highest BCUT2D eigenvalue weighted by Crippen LogP contribution is 2.33. The topological polar surface area (TPSA) is 216 Å². The summed E-state index contributed by atoms with van der Waals surface area (Å²) in [4.78, 5) is 51.7. The van der Waals surface area contributed by atoms with Crippen LogP contribution >= 0.6 is 34.7 Å². The van der Waals surface area contributed by atoms with Crippen molar-refractivity contribution in [3.8, 4) is 17.8 Å². The van der Waals surface area contributed by atoms with Crippen LogP contribution in [0.5, 0.6) is 17.8 Å². The molecule has 3 heterocycles. The minimum atomic E-state index is -4.24. The molecule has 0 unspecified atom stereocenters. The number of benzene rings is 2. The lowest BCUT2D eigenvalue weighted by Gasteiger charge is -2.15. The van der Waals surface area contributed by atoms with Gasteiger partial charge in [-0.15, -0.1) is 16.7 Å². The number of hydrogen-bond donors (Lipinski definition) is 2. The molecule has 0 bridgehead atoms. The van der Waals surface area contributed by atoms with Crippen LogP contribution in [0.3, 0.4) is 0 Å². The van der Waals surface area contributed by atoms with Gasteiger partial charge in [0, 0.05) is 25.1 Å². The molecule has 0 aliphatic carbocycles. The van der Waals surface area contributed by atoms with Crippen molar-refractivity contribution in [1.82, 2.24) is 29.0 Å². The summed E-state index contributed by atoms with van der Waals surface area (Å²) in [7, 11) is 1.16. The summed E-state index contributed by atoms with van der Waals surface area (Å²) in [5.41, 5.74) is 0.0829. The Hall–Kier alpha value is -4.77. The zero-order chi connectivity index (χ0) is 38.5. The molecule has 0 fully saturated rings. The molecule has 2 aromatic heterocycles. The standard InChI is InChI=1S/C15H15ClFN3O3S2.C15H19N5O7S/c1-23-13(21)8-24-12-7-11(10(17)6-9(12)16)18-14-19-4-2-3-5-20(19)15(22)25-14;1-24-8-9-27-10-6-4-5-7-11(10)28(22,23)20-13(21)16-12-17-14(25-2)19-15(18-12)26-3/h6-7H,2-5,8H2,1H3;4-7H,8-9H2,1-3H3,(H2,16,17,18,19,20,21)/b18-14-;. The Labute approximate surface area is 315 Å². The highest BCUT2D eigenvalue weighted by molar-refractivity contribution is 8.00. The number of rotatable bonds is 13. The van der Waals surface area contributed by atoms with E-state index in [2.05, 4.69) is 30.0 Å². The first-order chi connectivity index (χ1) is 25.4. The number of hydrogen-bond acceptors (Lipinski definition) is 16. The van der Waals surface area contributed by atoms with Gasteiger partial charge in [-0.1, -0.05) is 23.7 Å². The van der Waals surface area contributed by atoms with E-state index in [9.17, 15) is 27.2 Å². The zero-order valence-electron chi connectivity index (χ0n) is 28.7. The first-order valence-electron chi connectivity index (χ1n) is 15.3. The van der Waals surface area contributed by atoms with Crippen LogP contribution in [0, 0.1) is 5.82 Å². The third-order valence-electron chi connectivity index (χ3n) is 6.78. The minimum Gasteiger partial charge on any atom is -0.490 e. The van der Waals surface area contributed by atoms with Gasteiger partial charge in [0.05, 0.1) is 38.7 Å². The van der Waals surface area contributed by atoms with Crippen LogP contribution in [0.4, 0.5) is 20.8 Å². The second kappa shape index (κ2) is 19.3. The predicted octanol–water partition coefficient (Wildman–Crippen LogP) is 3.22. The number of carbonyl (C=O) groups excluding carboxylic acids is 2. The Morgan fingerprint density at radius 3 is 2.36 bits per heavy atom. The van der Waals surface area contributed by atoms with Crippen molar-refractivity contribution in [2.24, 2.45) is 4.99 Å². The number of amides is 2. The number of para-hydroxylation sites is 1. The maximum Gasteiger partial charge on any atom is 0.335 e. The number of aromatic nitrogens is 5. The fourth-order valence-electron chi connectivity index (χ4n) is 4.34. The number of esters is 1. The number of nitrogens with one attached hydrogen (secondary N) is 2. The average Bonchev–Trinajstić information content (AvgIpc) is 3.46. The molecular formula is C30H34ClFN8O10S3. The molecule has 4 aromatic rings. The minimum absolute atomic E-state index is 0.0605. The van der Waals surface area contributed by atoms with Crippen LogP contribution in [0.15, 0.2) is 56.0 Å². The summed E-state index contributed by atoms with van der Waals surface area (Å²) < 4.78 is 69.2. The summed E-state index contributed by atoms with van der Waals surface area (Å²) in [6.45, 7) is 1.73. The quantitative estimate of drug-likeness (QED) is 0.113. The lowest BCUT2D eigenvalue weighted by Crippen LogP contribution is -2.35. The summed E-state index contributed by atoms with van der Waals surface area (Å²) >= 11 is 8.17. The number of carbonyl (C=O) groups is 2. The van der Waals surface area contributed by atoms with E-state index >= 15 is 0 Å². The van der Waals surface area contributed by atoms with Crippen molar-refractivity contribution in [3.05, 3.63) is 61.7 Å². The molecule has 5 rings (SSSR count). The molecule has 2 amide bonds. The molecule has 0 spiro atoms. The fourth-order valence-corrected chi connectivity index (χ4v) is 7.38. The van der Waals surface area contributed by atoms with Crippen LogP contribution < -0.4 is 33.9 Å². The molecular weight excluding hydrogens is 783 g/mol. The summed E-state index contributed by atoms with van der Waals surface area (Å²) in [5.74, 6) is -1.11. The number of thioether (sulfide) groups is 1. The van der Waals surface area contributed by atoms with Crippen molar-refractivity contribution in [3.63, 3.8) is 0 Å². The van der Waals surface area contributed by atoms with Crippen LogP contribution in [0.1, 0.15) is 12.8 Å². The molecule has 0 saturated carbocycles. The van der Waals surface area contributed by atoms with E-state index < -0.39 is 27.8 Å². The maximum absolute atomic E-state index is 14.3. The lowest BCUT2D eigenvalue weighted by atomic mass is 10.3. The van der Waals surface area contributed by atoms with Crippen molar-refractivity contribution in [1.29, 1.82) is 0 Å². The Balaban J connectivity index is 0.000000238. The van der Waals surface area contributed by atoms with Crippen molar-refractivity contribution >= 4 is 68.4 Å². The van der Waals surface area contributed by atoms with Crippen LogP contribution in [-0.2, 0) is 37.4 Å². The Morgan fingerprint density at radius 2 is 1.70 bits per heavy atom. The van der Waals surface area contributed by atoms with Gasteiger partial charge in [0.25, 0.3) is 10.0 Å². The molecule has 0 saturated heterocycles. The van der Waals surface area contributed by atoms with E-state index in [0.717, 1.165) is 42.0 Å². The van der Waals surface area contributed by atoms with E-state index in [1.54, 1.807) is 15.4 Å². The normalized spacial score (nSPS) is 12.5. The fraction of sp³-hybridized carbons (Fsp3) is 0.367.